The molecule has 0 saturated carbocycles. The number of carbonyl (C=O) groups is 1. The Balaban J connectivity index is 1.90. The van der Waals surface area contributed by atoms with E-state index in [9.17, 15) is 4.79 Å². The van der Waals surface area contributed by atoms with E-state index in [4.69, 9.17) is 0 Å². The summed E-state index contributed by atoms with van der Waals surface area (Å²) in [6, 6.07) is 2.15. The first-order chi connectivity index (χ1) is 10.9. The van der Waals surface area contributed by atoms with Crippen molar-refractivity contribution >= 4 is 17.7 Å². The summed E-state index contributed by atoms with van der Waals surface area (Å²) >= 11 is 1.34. The maximum atomic E-state index is 12.0. The first kappa shape index (κ1) is 17.5. The van der Waals surface area contributed by atoms with Crippen LogP contribution in [0.25, 0.3) is 0 Å². The second-order valence-corrected chi connectivity index (χ2v) is 6.68. The summed E-state index contributed by atoms with van der Waals surface area (Å²) in [4.78, 5) is 20.4. The highest BCUT2D eigenvalue weighted by molar-refractivity contribution is 7.99. The van der Waals surface area contributed by atoms with Crippen LogP contribution in [0.4, 0.5) is 0 Å². The van der Waals surface area contributed by atoms with E-state index in [1.165, 1.54) is 11.8 Å². The lowest BCUT2D eigenvalue weighted by molar-refractivity contribution is -0.118. The second-order valence-electron chi connectivity index (χ2n) is 5.73. The molecule has 0 unspecified atom stereocenters. The van der Waals surface area contributed by atoms with Crippen LogP contribution < -0.4 is 5.32 Å². The molecule has 0 aliphatic rings. The Bertz CT molecular complexity index is 696. The molecule has 0 bridgehead atoms. The Morgan fingerprint density at radius 3 is 2.70 bits per heavy atom. The molecule has 23 heavy (non-hydrogen) atoms. The minimum atomic E-state index is -0.0313. The summed E-state index contributed by atoms with van der Waals surface area (Å²) in [5, 5.41) is 8.11. The minimum absolute atomic E-state index is 0.0313. The number of hydrogen-bond acceptors (Lipinski definition) is 5. The van der Waals surface area contributed by atoms with Gasteiger partial charge in [-0.2, -0.15) is 5.10 Å². The van der Waals surface area contributed by atoms with Gasteiger partial charge in [0.25, 0.3) is 0 Å². The summed E-state index contributed by atoms with van der Waals surface area (Å²) in [6.07, 6.45) is 1.70. The van der Waals surface area contributed by atoms with Gasteiger partial charge in [-0.25, -0.2) is 9.97 Å². The number of aryl methyl sites for hydroxylation is 2. The molecule has 0 atom stereocenters. The zero-order chi connectivity index (χ0) is 17.0. The van der Waals surface area contributed by atoms with Crippen molar-refractivity contribution in [3.05, 3.63) is 34.9 Å². The predicted octanol–water partition coefficient (Wildman–Crippen LogP) is 2.59. The molecule has 2 aromatic rings. The molecule has 1 N–H and O–H groups in total. The SMILES string of the molecule is Cc1ccnc(SCC(=O)NCc2c(C)nn(C(C)C)c2C)n1. The van der Waals surface area contributed by atoms with E-state index in [0.717, 1.165) is 22.6 Å². The number of nitrogens with zero attached hydrogens (tertiary/aromatic N) is 4. The van der Waals surface area contributed by atoms with Crippen molar-refractivity contribution in [2.24, 2.45) is 0 Å². The van der Waals surface area contributed by atoms with Crippen LogP contribution in [-0.4, -0.2) is 31.4 Å². The lowest BCUT2D eigenvalue weighted by Gasteiger charge is -2.09. The van der Waals surface area contributed by atoms with Crippen LogP contribution in [0, 0.1) is 20.8 Å². The normalized spacial score (nSPS) is 11.0. The highest BCUT2D eigenvalue weighted by atomic mass is 32.2. The van der Waals surface area contributed by atoms with E-state index < -0.39 is 0 Å². The lowest BCUT2D eigenvalue weighted by Crippen LogP contribution is -2.25. The maximum Gasteiger partial charge on any atom is 0.230 e. The molecule has 0 spiro atoms. The van der Waals surface area contributed by atoms with Gasteiger partial charge in [0.15, 0.2) is 5.16 Å². The molecule has 1 amide bonds. The molecule has 0 aliphatic carbocycles. The smallest absolute Gasteiger partial charge is 0.230 e. The number of thioether (sulfide) groups is 1. The van der Waals surface area contributed by atoms with E-state index in [0.29, 0.717) is 23.5 Å². The zero-order valence-electron chi connectivity index (χ0n) is 14.3. The topological polar surface area (TPSA) is 72.7 Å². The van der Waals surface area contributed by atoms with Crippen LogP contribution in [-0.2, 0) is 11.3 Å². The fourth-order valence-electron chi connectivity index (χ4n) is 2.32. The Kier molecular flexibility index (Phi) is 5.76. The summed E-state index contributed by atoms with van der Waals surface area (Å²) in [5.74, 6) is 0.274. The molecule has 0 fully saturated rings. The fourth-order valence-corrected chi connectivity index (χ4v) is 3.03. The summed E-state index contributed by atoms with van der Waals surface area (Å²) in [6.45, 7) is 10.6. The standard InChI is InChI=1S/C16H23N5OS/c1-10(2)21-13(5)14(12(4)20-21)8-18-15(22)9-23-16-17-7-6-11(3)19-16/h6-7,10H,8-9H2,1-5H3,(H,18,22). The van der Waals surface area contributed by atoms with Gasteiger partial charge in [0.2, 0.25) is 5.91 Å². The van der Waals surface area contributed by atoms with Gasteiger partial charge >= 0.3 is 0 Å². The third kappa shape index (κ3) is 4.54. The third-order valence-electron chi connectivity index (χ3n) is 3.53. The molecular weight excluding hydrogens is 310 g/mol. The number of amides is 1. The van der Waals surface area contributed by atoms with Gasteiger partial charge in [0.1, 0.15) is 0 Å². The number of nitrogens with one attached hydrogen (secondary N) is 1. The van der Waals surface area contributed by atoms with E-state index in [1.807, 2.05) is 31.5 Å². The molecule has 0 aromatic carbocycles. The highest BCUT2D eigenvalue weighted by Crippen LogP contribution is 2.17. The average molecular weight is 333 g/mol. The summed E-state index contributed by atoms with van der Waals surface area (Å²) in [5.41, 5.74) is 4.05. The summed E-state index contributed by atoms with van der Waals surface area (Å²) in [7, 11) is 0. The molecular formula is C16H23N5OS. The average Bonchev–Trinajstić information content (AvgIpc) is 2.78. The fraction of sp³-hybridized carbons (Fsp3) is 0.500. The van der Waals surface area contributed by atoms with E-state index in [1.54, 1.807) is 6.20 Å². The minimum Gasteiger partial charge on any atom is -0.351 e. The molecule has 6 nitrogen and oxygen atoms in total. The van der Waals surface area contributed by atoms with Gasteiger partial charge in [-0.05, 0) is 40.7 Å². The Hall–Kier alpha value is -1.89. The molecule has 7 heteroatoms. The largest absolute Gasteiger partial charge is 0.351 e. The van der Waals surface area contributed by atoms with Gasteiger partial charge in [-0.1, -0.05) is 11.8 Å². The molecule has 2 aromatic heterocycles. The molecule has 0 aliphatic heterocycles. The van der Waals surface area contributed by atoms with Crippen molar-refractivity contribution in [2.45, 2.75) is 52.4 Å². The number of hydrogen-bond donors (Lipinski definition) is 1. The first-order valence-electron chi connectivity index (χ1n) is 7.62. The summed E-state index contributed by atoms with van der Waals surface area (Å²) < 4.78 is 1.99. The number of aromatic nitrogens is 4. The third-order valence-corrected chi connectivity index (χ3v) is 4.39. The van der Waals surface area contributed by atoms with Crippen LogP contribution in [0.2, 0.25) is 0 Å². The van der Waals surface area contributed by atoms with Gasteiger partial charge in [0.05, 0.1) is 11.4 Å². The van der Waals surface area contributed by atoms with E-state index >= 15 is 0 Å². The van der Waals surface area contributed by atoms with Crippen molar-refractivity contribution in [2.75, 3.05) is 5.75 Å². The first-order valence-corrected chi connectivity index (χ1v) is 8.60. The van der Waals surface area contributed by atoms with Crippen molar-refractivity contribution < 1.29 is 4.79 Å². The van der Waals surface area contributed by atoms with Crippen LogP contribution in [0.15, 0.2) is 17.4 Å². The monoisotopic (exact) mass is 333 g/mol. The van der Waals surface area contributed by atoms with Gasteiger partial charge in [-0.3, -0.25) is 9.48 Å². The predicted molar refractivity (Wildman–Crippen MR) is 91.4 cm³/mol. The quantitative estimate of drug-likeness (QED) is 0.650. The Morgan fingerprint density at radius 1 is 1.35 bits per heavy atom. The molecule has 0 radical (unpaired) electrons. The van der Waals surface area contributed by atoms with Crippen LogP contribution in [0.1, 0.15) is 42.5 Å². The van der Waals surface area contributed by atoms with Crippen molar-refractivity contribution in [1.29, 1.82) is 0 Å². The number of carbonyl (C=O) groups excluding carboxylic acids is 1. The van der Waals surface area contributed by atoms with Crippen LogP contribution >= 0.6 is 11.8 Å². The van der Waals surface area contributed by atoms with Gasteiger partial charge in [-0.15, -0.1) is 0 Å². The second kappa shape index (κ2) is 7.59. The van der Waals surface area contributed by atoms with Crippen molar-refractivity contribution in [1.82, 2.24) is 25.1 Å². The molecule has 124 valence electrons. The van der Waals surface area contributed by atoms with E-state index in [-0.39, 0.29) is 5.91 Å². The van der Waals surface area contributed by atoms with E-state index in [2.05, 4.69) is 34.2 Å². The molecule has 0 saturated heterocycles. The Morgan fingerprint density at radius 2 is 2.09 bits per heavy atom. The zero-order valence-corrected chi connectivity index (χ0v) is 15.1. The molecule has 2 heterocycles. The molecule has 2 rings (SSSR count). The lowest BCUT2D eigenvalue weighted by atomic mass is 10.2. The highest BCUT2D eigenvalue weighted by Gasteiger charge is 2.14. The van der Waals surface area contributed by atoms with Gasteiger partial charge in [0, 0.05) is 35.7 Å². The van der Waals surface area contributed by atoms with Crippen LogP contribution in [0.5, 0.6) is 0 Å². The van der Waals surface area contributed by atoms with Gasteiger partial charge < -0.3 is 5.32 Å². The van der Waals surface area contributed by atoms with Crippen LogP contribution in [0.3, 0.4) is 0 Å². The maximum absolute atomic E-state index is 12.0. The number of rotatable bonds is 6. The van der Waals surface area contributed by atoms with Crippen molar-refractivity contribution in [3.63, 3.8) is 0 Å². The van der Waals surface area contributed by atoms with Crippen molar-refractivity contribution in [3.8, 4) is 0 Å². The Labute approximate surface area is 141 Å².